The molecule has 0 aromatic carbocycles. The quantitative estimate of drug-likeness (QED) is 0.283. The predicted octanol–water partition coefficient (Wildman–Crippen LogP) is 5.64. The molecule has 2 fully saturated rings. The highest BCUT2D eigenvalue weighted by Crippen LogP contribution is 2.47. The van der Waals surface area contributed by atoms with Gasteiger partial charge in [-0.25, -0.2) is 9.50 Å². The number of aromatic nitrogens is 4. The van der Waals surface area contributed by atoms with E-state index in [9.17, 15) is 4.79 Å². The molecule has 0 unspecified atom stereocenters. The summed E-state index contributed by atoms with van der Waals surface area (Å²) in [4.78, 5) is 28.6. The van der Waals surface area contributed by atoms with Gasteiger partial charge in [0.25, 0.3) is 0 Å². The SMILES string of the molecule is Cc1c(-c2[nH]c3sc(C4CCN(C(=O)C5CC(CN(C)CCO)C5)CC4)c(C)c3c2C(C)C)cn2ncnc2c1C. The van der Waals surface area contributed by atoms with Crippen molar-refractivity contribution in [1.82, 2.24) is 29.4 Å². The van der Waals surface area contributed by atoms with E-state index in [1.807, 2.05) is 15.9 Å². The van der Waals surface area contributed by atoms with Gasteiger partial charge >= 0.3 is 0 Å². The number of thiophene rings is 1. The number of nitrogens with zero attached hydrogens (tertiary/aromatic N) is 5. The van der Waals surface area contributed by atoms with E-state index in [1.165, 1.54) is 43.0 Å². The Bertz CT molecular complexity index is 1570. The molecular formula is C32H44N6O2S. The van der Waals surface area contributed by atoms with E-state index in [2.05, 4.69) is 72.7 Å². The van der Waals surface area contributed by atoms with Crippen LogP contribution in [0.25, 0.3) is 27.1 Å². The number of H-pyrrole nitrogens is 1. The third-order valence-electron chi connectivity index (χ3n) is 9.75. The number of aryl methyl sites for hydroxylation is 2. The largest absolute Gasteiger partial charge is 0.395 e. The van der Waals surface area contributed by atoms with Crippen molar-refractivity contribution in [3.05, 3.63) is 39.7 Å². The summed E-state index contributed by atoms with van der Waals surface area (Å²) in [6.07, 6.45) is 7.80. The number of aliphatic hydroxyl groups excluding tert-OH is 1. The molecule has 41 heavy (non-hydrogen) atoms. The molecular weight excluding hydrogens is 532 g/mol. The molecule has 6 rings (SSSR count). The minimum Gasteiger partial charge on any atom is -0.395 e. The topological polar surface area (TPSA) is 89.8 Å². The first kappa shape index (κ1) is 28.4. The van der Waals surface area contributed by atoms with Gasteiger partial charge in [-0.05, 0) is 93.5 Å². The molecule has 0 radical (unpaired) electrons. The zero-order valence-electron chi connectivity index (χ0n) is 25.3. The highest BCUT2D eigenvalue weighted by Gasteiger charge is 2.38. The number of nitrogens with one attached hydrogen (secondary N) is 1. The van der Waals surface area contributed by atoms with Crippen LogP contribution in [-0.4, -0.2) is 80.2 Å². The Morgan fingerprint density at radius 1 is 1.17 bits per heavy atom. The number of aromatic amines is 1. The van der Waals surface area contributed by atoms with E-state index < -0.39 is 0 Å². The van der Waals surface area contributed by atoms with E-state index in [4.69, 9.17) is 5.11 Å². The van der Waals surface area contributed by atoms with E-state index in [0.29, 0.717) is 30.2 Å². The van der Waals surface area contributed by atoms with Gasteiger partial charge in [-0.2, -0.15) is 5.10 Å². The molecule has 0 spiro atoms. The second kappa shape index (κ2) is 11.2. The molecule has 220 valence electrons. The number of hydrogen-bond donors (Lipinski definition) is 2. The van der Waals surface area contributed by atoms with Crippen molar-refractivity contribution >= 4 is 33.1 Å². The van der Waals surface area contributed by atoms with Crippen molar-refractivity contribution in [3.8, 4) is 11.3 Å². The van der Waals surface area contributed by atoms with Crippen LogP contribution in [0.1, 0.15) is 78.5 Å². The first-order chi connectivity index (χ1) is 19.7. The van der Waals surface area contributed by atoms with Crippen molar-refractivity contribution in [2.45, 2.75) is 72.1 Å². The van der Waals surface area contributed by atoms with Crippen LogP contribution in [0.2, 0.25) is 0 Å². The van der Waals surface area contributed by atoms with Crippen LogP contribution in [0.4, 0.5) is 0 Å². The molecule has 1 aliphatic heterocycles. The Morgan fingerprint density at radius 3 is 2.59 bits per heavy atom. The number of pyridine rings is 1. The number of carbonyl (C=O) groups is 1. The van der Waals surface area contributed by atoms with Crippen LogP contribution >= 0.6 is 11.3 Å². The summed E-state index contributed by atoms with van der Waals surface area (Å²) in [5.74, 6) is 2.02. The number of fused-ring (bicyclic) bond motifs is 2. The maximum atomic E-state index is 13.2. The molecule has 9 heteroatoms. The van der Waals surface area contributed by atoms with E-state index >= 15 is 0 Å². The molecule has 4 aromatic rings. The maximum Gasteiger partial charge on any atom is 0.225 e. The van der Waals surface area contributed by atoms with E-state index in [1.54, 1.807) is 6.33 Å². The highest BCUT2D eigenvalue weighted by atomic mass is 32.1. The fourth-order valence-corrected chi connectivity index (χ4v) is 8.69. The van der Waals surface area contributed by atoms with Crippen LogP contribution in [0.3, 0.4) is 0 Å². The Morgan fingerprint density at radius 2 is 1.90 bits per heavy atom. The molecule has 0 bridgehead atoms. The summed E-state index contributed by atoms with van der Waals surface area (Å²) in [5.41, 5.74) is 8.51. The Labute approximate surface area is 246 Å². The van der Waals surface area contributed by atoms with Gasteiger partial charge < -0.3 is 19.9 Å². The van der Waals surface area contributed by atoms with Gasteiger partial charge in [-0.15, -0.1) is 11.3 Å². The zero-order chi connectivity index (χ0) is 29.0. The third kappa shape index (κ3) is 5.00. The van der Waals surface area contributed by atoms with Gasteiger partial charge in [0.2, 0.25) is 5.91 Å². The van der Waals surface area contributed by atoms with E-state index in [0.717, 1.165) is 56.5 Å². The third-order valence-corrected chi connectivity index (χ3v) is 11.1. The molecule has 1 saturated carbocycles. The molecule has 2 N–H and O–H groups in total. The van der Waals surface area contributed by atoms with Gasteiger partial charge in [0, 0.05) is 54.1 Å². The van der Waals surface area contributed by atoms with Crippen molar-refractivity contribution in [3.63, 3.8) is 0 Å². The zero-order valence-corrected chi connectivity index (χ0v) is 26.1. The van der Waals surface area contributed by atoms with Gasteiger partial charge in [0.1, 0.15) is 11.2 Å². The smallest absolute Gasteiger partial charge is 0.225 e. The minimum absolute atomic E-state index is 0.191. The number of piperidine rings is 1. The van der Waals surface area contributed by atoms with Crippen molar-refractivity contribution in [2.24, 2.45) is 11.8 Å². The molecule has 1 saturated heterocycles. The normalized spacial score (nSPS) is 20.2. The number of likely N-dealkylation sites (N-methyl/N-ethyl adjacent to an activating group) is 1. The number of hydrogen-bond acceptors (Lipinski definition) is 6. The average Bonchev–Trinajstić information content (AvgIpc) is 3.63. The lowest BCUT2D eigenvalue weighted by Gasteiger charge is -2.41. The second-order valence-electron chi connectivity index (χ2n) is 12.8. The molecule has 1 aliphatic carbocycles. The highest BCUT2D eigenvalue weighted by molar-refractivity contribution is 7.19. The lowest BCUT2D eigenvalue weighted by molar-refractivity contribution is -0.141. The molecule has 2 aliphatic rings. The van der Waals surface area contributed by atoms with Crippen LogP contribution in [-0.2, 0) is 4.79 Å². The molecule has 8 nitrogen and oxygen atoms in total. The standard InChI is InChI=1S/C32H44N6O2S/c1-18(2)26-27-21(5)29(41-31(27)35-28(26)25-16-38-30(33-17-34-38)20(4)19(25)3)23-7-9-37(10-8-23)32(40)24-13-22(14-24)15-36(6)11-12-39/h16-18,22-24,35,39H,7-15H2,1-6H3. The summed E-state index contributed by atoms with van der Waals surface area (Å²) in [6.45, 7) is 14.8. The average molecular weight is 577 g/mol. The molecule has 0 atom stereocenters. The van der Waals surface area contributed by atoms with Gasteiger partial charge in [0.05, 0.1) is 12.3 Å². The first-order valence-corrected chi connectivity index (χ1v) is 16.0. The molecule has 4 aromatic heterocycles. The Hall–Kier alpha value is -2.75. The lowest BCUT2D eigenvalue weighted by atomic mass is 9.73. The summed E-state index contributed by atoms with van der Waals surface area (Å²) in [5, 5.41) is 15.0. The van der Waals surface area contributed by atoms with Gasteiger partial charge in [-0.1, -0.05) is 13.8 Å². The summed E-state index contributed by atoms with van der Waals surface area (Å²) < 4.78 is 1.89. The van der Waals surface area contributed by atoms with Gasteiger partial charge in [-0.3, -0.25) is 4.79 Å². The van der Waals surface area contributed by atoms with Crippen molar-refractivity contribution in [2.75, 3.05) is 39.8 Å². The minimum atomic E-state index is 0.191. The molecule has 5 heterocycles. The summed E-state index contributed by atoms with van der Waals surface area (Å²) >= 11 is 1.92. The van der Waals surface area contributed by atoms with Crippen molar-refractivity contribution in [1.29, 1.82) is 0 Å². The number of rotatable bonds is 8. The second-order valence-corrected chi connectivity index (χ2v) is 13.9. The lowest BCUT2D eigenvalue weighted by Crippen LogP contribution is -2.47. The van der Waals surface area contributed by atoms with Gasteiger partial charge in [0.15, 0.2) is 5.65 Å². The maximum absolute atomic E-state index is 13.2. The predicted molar refractivity (Wildman–Crippen MR) is 166 cm³/mol. The van der Waals surface area contributed by atoms with Crippen molar-refractivity contribution < 1.29 is 9.90 Å². The Kier molecular flexibility index (Phi) is 7.72. The van der Waals surface area contributed by atoms with Crippen LogP contribution < -0.4 is 0 Å². The fourth-order valence-electron chi connectivity index (χ4n) is 7.29. The summed E-state index contributed by atoms with van der Waals surface area (Å²) in [6, 6.07) is 0. The van der Waals surface area contributed by atoms with Crippen LogP contribution in [0.5, 0.6) is 0 Å². The van der Waals surface area contributed by atoms with E-state index in [-0.39, 0.29) is 12.5 Å². The Balaban J connectivity index is 1.18. The number of likely N-dealkylation sites (tertiary alicyclic amines) is 1. The summed E-state index contributed by atoms with van der Waals surface area (Å²) in [7, 11) is 2.05. The monoisotopic (exact) mass is 576 g/mol. The number of carbonyl (C=O) groups excluding carboxylic acids is 1. The molecule has 1 amide bonds. The number of aliphatic hydroxyl groups is 1. The number of amides is 1. The van der Waals surface area contributed by atoms with Crippen LogP contribution in [0, 0.1) is 32.6 Å². The van der Waals surface area contributed by atoms with Crippen LogP contribution in [0.15, 0.2) is 12.5 Å². The first-order valence-electron chi connectivity index (χ1n) is 15.2. The fraction of sp³-hybridized carbons (Fsp3) is 0.594.